The molecular formula is C21H20O11. The van der Waals surface area contributed by atoms with Crippen molar-refractivity contribution >= 4 is 11.0 Å². The van der Waals surface area contributed by atoms with Crippen molar-refractivity contribution in [1.82, 2.24) is 0 Å². The molecule has 1 unspecified atom stereocenters. The first-order valence-corrected chi connectivity index (χ1v) is 9.50. The summed E-state index contributed by atoms with van der Waals surface area (Å²) < 4.78 is 16.5. The Morgan fingerprint density at radius 2 is 1.66 bits per heavy atom. The van der Waals surface area contributed by atoms with E-state index in [1.54, 1.807) is 0 Å². The van der Waals surface area contributed by atoms with Crippen molar-refractivity contribution in [1.29, 1.82) is 0 Å². The molecule has 2 aromatic carbocycles. The number of hydrogen-bond acceptors (Lipinski definition) is 11. The van der Waals surface area contributed by atoms with E-state index in [1.165, 1.54) is 18.2 Å². The lowest BCUT2D eigenvalue weighted by Gasteiger charge is -2.39. The van der Waals surface area contributed by atoms with Crippen LogP contribution in [0.3, 0.4) is 0 Å². The van der Waals surface area contributed by atoms with Crippen LogP contribution in [-0.4, -0.2) is 73.1 Å². The van der Waals surface area contributed by atoms with Crippen molar-refractivity contribution in [2.75, 3.05) is 6.61 Å². The Morgan fingerprint density at radius 3 is 2.34 bits per heavy atom. The van der Waals surface area contributed by atoms with Crippen molar-refractivity contribution < 1.29 is 49.6 Å². The fourth-order valence-electron chi connectivity index (χ4n) is 3.44. The fraction of sp³-hybridized carbons (Fsp3) is 0.286. The molecule has 11 nitrogen and oxygen atoms in total. The summed E-state index contributed by atoms with van der Waals surface area (Å²) in [5, 5.41) is 68.4. The zero-order valence-corrected chi connectivity index (χ0v) is 16.3. The Kier molecular flexibility index (Phi) is 5.67. The van der Waals surface area contributed by atoms with E-state index in [1.807, 2.05) is 0 Å². The Hall–Kier alpha value is -3.35. The lowest BCUT2D eigenvalue weighted by Crippen LogP contribution is -2.60. The highest BCUT2D eigenvalue weighted by atomic mass is 16.7. The van der Waals surface area contributed by atoms with E-state index >= 15 is 0 Å². The van der Waals surface area contributed by atoms with Crippen molar-refractivity contribution in [2.45, 2.75) is 30.7 Å². The lowest BCUT2D eigenvalue weighted by atomic mass is 9.99. The molecule has 32 heavy (non-hydrogen) atoms. The first kappa shape index (κ1) is 21.9. The molecule has 7 N–H and O–H groups in total. The molecule has 1 fully saturated rings. The Morgan fingerprint density at radius 1 is 0.906 bits per heavy atom. The van der Waals surface area contributed by atoms with Crippen molar-refractivity contribution in [2.24, 2.45) is 0 Å². The molecule has 0 saturated carbocycles. The van der Waals surface area contributed by atoms with Gasteiger partial charge in [0.1, 0.15) is 52.6 Å². The van der Waals surface area contributed by atoms with Crippen LogP contribution in [0.4, 0.5) is 0 Å². The van der Waals surface area contributed by atoms with E-state index in [4.69, 9.17) is 13.9 Å². The van der Waals surface area contributed by atoms with E-state index in [2.05, 4.69) is 0 Å². The smallest absolute Gasteiger partial charge is 0.229 e. The van der Waals surface area contributed by atoms with E-state index in [-0.39, 0.29) is 39.5 Å². The lowest BCUT2D eigenvalue weighted by molar-refractivity contribution is -0.277. The van der Waals surface area contributed by atoms with Crippen molar-refractivity contribution in [3.63, 3.8) is 0 Å². The Labute approximate surface area is 179 Å². The number of fused-ring (bicyclic) bond motifs is 1. The monoisotopic (exact) mass is 448 g/mol. The number of phenolic OH excluding ortho intramolecular Hbond substituents is 3. The quantitative estimate of drug-likeness (QED) is 0.261. The number of hydrogen-bond donors (Lipinski definition) is 7. The van der Waals surface area contributed by atoms with Gasteiger partial charge in [-0.15, -0.1) is 0 Å². The van der Waals surface area contributed by atoms with E-state index < -0.39 is 48.5 Å². The van der Waals surface area contributed by atoms with Gasteiger partial charge < -0.3 is 49.6 Å². The maximum atomic E-state index is 12.9. The van der Waals surface area contributed by atoms with Gasteiger partial charge in [0.2, 0.25) is 6.29 Å². The molecule has 1 aromatic heterocycles. The topological polar surface area (TPSA) is 190 Å². The summed E-state index contributed by atoms with van der Waals surface area (Å²) in [5.41, 5.74) is -0.424. The average molecular weight is 448 g/mol. The maximum Gasteiger partial charge on any atom is 0.229 e. The van der Waals surface area contributed by atoms with Gasteiger partial charge in [-0.25, -0.2) is 0 Å². The van der Waals surface area contributed by atoms with Gasteiger partial charge in [-0.05, 0) is 18.2 Å². The van der Waals surface area contributed by atoms with Crippen molar-refractivity contribution in [3.8, 4) is 34.3 Å². The van der Waals surface area contributed by atoms with Crippen LogP contribution in [0.5, 0.6) is 23.0 Å². The van der Waals surface area contributed by atoms with Gasteiger partial charge in [0.15, 0.2) is 16.9 Å². The molecular weight excluding hydrogens is 428 g/mol. The molecule has 4 rings (SSSR count). The minimum atomic E-state index is -1.73. The Balaban J connectivity index is 1.76. The van der Waals surface area contributed by atoms with Gasteiger partial charge in [-0.3, -0.25) is 4.79 Å². The summed E-state index contributed by atoms with van der Waals surface area (Å²) in [6.45, 7) is -0.670. The first-order chi connectivity index (χ1) is 15.2. The van der Waals surface area contributed by atoms with Gasteiger partial charge in [-0.2, -0.15) is 0 Å². The summed E-state index contributed by atoms with van der Waals surface area (Å²) >= 11 is 0. The van der Waals surface area contributed by atoms with Gasteiger partial charge >= 0.3 is 0 Å². The zero-order valence-electron chi connectivity index (χ0n) is 16.3. The normalized spacial score (nSPS) is 25.7. The second-order valence-electron chi connectivity index (χ2n) is 7.31. The number of benzene rings is 2. The molecule has 0 radical (unpaired) electrons. The maximum absolute atomic E-state index is 12.9. The molecule has 1 saturated heterocycles. The first-order valence-electron chi connectivity index (χ1n) is 9.50. The molecule has 1 aliphatic heterocycles. The highest BCUT2D eigenvalue weighted by Crippen LogP contribution is 2.35. The summed E-state index contributed by atoms with van der Waals surface area (Å²) in [4.78, 5) is 12.9. The van der Waals surface area contributed by atoms with Crippen LogP contribution in [0.2, 0.25) is 0 Å². The third-order valence-corrected chi connectivity index (χ3v) is 5.13. The van der Waals surface area contributed by atoms with Crippen LogP contribution in [0.25, 0.3) is 22.3 Å². The average Bonchev–Trinajstić information content (AvgIpc) is 2.75. The number of rotatable bonds is 4. The third-order valence-electron chi connectivity index (χ3n) is 5.13. The number of aromatic hydroxyl groups is 3. The van der Waals surface area contributed by atoms with Gasteiger partial charge in [0.05, 0.1) is 6.61 Å². The minimum Gasteiger partial charge on any atom is -0.508 e. The number of ether oxygens (including phenoxy) is 2. The predicted octanol–water partition coefficient (Wildman–Crippen LogP) is -0.245. The summed E-state index contributed by atoms with van der Waals surface area (Å²) in [7, 11) is 0. The van der Waals surface area contributed by atoms with E-state index in [9.17, 15) is 40.5 Å². The molecule has 0 spiro atoms. The second-order valence-corrected chi connectivity index (χ2v) is 7.31. The molecule has 0 aliphatic carbocycles. The highest BCUT2D eigenvalue weighted by Gasteiger charge is 2.45. The molecule has 1 aliphatic rings. The zero-order chi connectivity index (χ0) is 23.2. The molecule has 11 heteroatoms. The second kappa shape index (κ2) is 8.30. The summed E-state index contributed by atoms with van der Waals surface area (Å²) in [6, 6.07) is 7.14. The Bertz CT molecular complexity index is 1200. The predicted molar refractivity (Wildman–Crippen MR) is 107 cm³/mol. The summed E-state index contributed by atoms with van der Waals surface area (Å²) in [5.74, 6) is -1.34. The number of aliphatic hydroxyl groups excluding tert-OH is 4. The molecule has 0 bridgehead atoms. The van der Waals surface area contributed by atoms with Crippen LogP contribution < -0.4 is 10.2 Å². The van der Waals surface area contributed by atoms with E-state index in [0.717, 1.165) is 18.2 Å². The molecule has 0 amide bonds. The van der Waals surface area contributed by atoms with Crippen LogP contribution >= 0.6 is 0 Å². The van der Waals surface area contributed by atoms with Crippen LogP contribution in [-0.2, 0) is 4.74 Å². The van der Waals surface area contributed by atoms with Crippen LogP contribution in [0.1, 0.15) is 0 Å². The standard InChI is InChI=1S/C21H20O11/c22-7-16-18(27)19(28)20(29)21(32-16)31-15-5-9(23)4-14-17(15)12(26)6-13(30-14)8-1-2-10(24)11(25)3-8/h1-6,16,18-25,27-29H,7H2/t16-,18+,19+,20-,21?/m1/s1. The SMILES string of the molecule is O=c1cc(-c2ccc(O)c(O)c2)oc2cc(O)cc(OC3O[C@H](CO)[C@H](O)[C@H](O)[C@H]3O)c12. The summed E-state index contributed by atoms with van der Waals surface area (Å²) in [6.07, 6.45) is -7.82. The van der Waals surface area contributed by atoms with E-state index in [0.29, 0.717) is 0 Å². The van der Waals surface area contributed by atoms with Crippen LogP contribution in [0.15, 0.2) is 45.6 Å². The number of phenols is 3. The van der Waals surface area contributed by atoms with Gasteiger partial charge in [0.25, 0.3) is 0 Å². The third kappa shape index (κ3) is 3.83. The minimum absolute atomic E-state index is 0.0298. The molecule has 5 atom stereocenters. The fourth-order valence-corrected chi connectivity index (χ4v) is 3.44. The van der Waals surface area contributed by atoms with Gasteiger partial charge in [0, 0.05) is 23.8 Å². The van der Waals surface area contributed by atoms with Gasteiger partial charge in [-0.1, -0.05) is 0 Å². The largest absolute Gasteiger partial charge is 0.508 e. The molecule has 3 aromatic rings. The van der Waals surface area contributed by atoms with Crippen LogP contribution in [0, 0.1) is 0 Å². The number of aliphatic hydroxyl groups is 4. The molecule has 2 heterocycles. The van der Waals surface area contributed by atoms with Crippen molar-refractivity contribution in [3.05, 3.63) is 46.6 Å². The molecule has 170 valence electrons. The highest BCUT2D eigenvalue weighted by molar-refractivity contribution is 5.86.